The molecule has 378 valence electrons. The summed E-state index contributed by atoms with van der Waals surface area (Å²) in [4.78, 5) is 37.9. The van der Waals surface area contributed by atoms with Crippen LogP contribution in [0.2, 0.25) is 0 Å². The van der Waals surface area contributed by atoms with E-state index in [1.54, 1.807) is 24.5 Å². The lowest BCUT2D eigenvalue weighted by Crippen LogP contribution is -2.35. The minimum atomic E-state index is -4.15. The number of hydrogen-bond donors (Lipinski definition) is 4. The summed E-state index contributed by atoms with van der Waals surface area (Å²) in [5, 5.41) is 5.82. The summed E-state index contributed by atoms with van der Waals surface area (Å²) < 4.78 is 74.0. The summed E-state index contributed by atoms with van der Waals surface area (Å²) in [5.74, 6) is 1.01. The minimum Gasteiger partial charge on any atom is -0.474 e. The van der Waals surface area contributed by atoms with E-state index in [0.29, 0.717) is 36.2 Å². The van der Waals surface area contributed by atoms with Crippen LogP contribution in [0.3, 0.4) is 0 Å². The number of carbonyl (C=O) groups is 2. The van der Waals surface area contributed by atoms with Gasteiger partial charge in [-0.3, -0.25) is 0 Å². The van der Waals surface area contributed by atoms with Crippen molar-refractivity contribution < 1.29 is 40.6 Å². The SMILES string of the molecule is C=C/C=C\C=C(/C)S(=O)(=O)NC(=O)Nc1c2c(cc(C)c1-c1ccnc(OC3CCN(C)CC3)c1)C(COC1CCC(Oc3cc(-c4c(C)cc5c(c4NC(=O)NS(C)(=O)=O)CCC5)ccn3)CC1)CC2. The highest BCUT2D eigenvalue weighted by atomic mass is 32.2. The number of anilines is 2. The van der Waals surface area contributed by atoms with Gasteiger partial charge in [0.2, 0.25) is 21.8 Å². The Morgan fingerprint density at radius 3 is 1.94 bits per heavy atom. The normalized spacial score (nSPS) is 19.7. The molecule has 0 spiro atoms. The fourth-order valence-electron chi connectivity index (χ4n) is 10.4. The van der Waals surface area contributed by atoms with E-state index in [-0.39, 0.29) is 29.1 Å². The largest absolute Gasteiger partial charge is 0.474 e. The van der Waals surface area contributed by atoms with E-state index in [1.165, 1.54) is 19.1 Å². The lowest BCUT2D eigenvalue weighted by atomic mass is 9.91. The Bertz CT molecular complexity index is 2960. The van der Waals surface area contributed by atoms with Crippen molar-refractivity contribution in [3.63, 3.8) is 0 Å². The number of rotatable bonds is 16. The lowest BCUT2D eigenvalue weighted by Gasteiger charge is -2.30. The summed E-state index contributed by atoms with van der Waals surface area (Å²) in [6.07, 6.45) is 19.3. The number of nitrogens with zero attached hydrogens (tertiary/aromatic N) is 3. The summed E-state index contributed by atoms with van der Waals surface area (Å²) in [5.41, 5.74) is 10.3. The number of sulfonamides is 2. The third-order valence-electron chi connectivity index (χ3n) is 13.9. The minimum absolute atomic E-state index is 0.0188. The maximum atomic E-state index is 13.7. The molecule has 1 atom stereocenters. The van der Waals surface area contributed by atoms with Crippen LogP contribution in [0.1, 0.15) is 97.6 Å². The van der Waals surface area contributed by atoms with E-state index in [2.05, 4.69) is 56.0 Å². The molecule has 2 aromatic heterocycles. The third kappa shape index (κ3) is 12.7. The molecule has 1 saturated carbocycles. The fourth-order valence-corrected chi connectivity index (χ4v) is 11.5. The number of piperidine rings is 1. The maximum absolute atomic E-state index is 13.7. The van der Waals surface area contributed by atoms with Gasteiger partial charge in [-0.2, -0.15) is 0 Å². The number of carbonyl (C=O) groups excluding carboxylic acids is 2. The first-order valence-electron chi connectivity index (χ1n) is 24.4. The van der Waals surface area contributed by atoms with Gasteiger partial charge in [0.05, 0.1) is 35.2 Å². The predicted molar refractivity (Wildman–Crippen MR) is 277 cm³/mol. The molecule has 4 N–H and O–H groups in total. The highest BCUT2D eigenvalue weighted by molar-refractivity contribution is 7.93. The first-order chi connectivity index (χ1) is 33.9. The second kappa shape index (κ2) is 22.1. The molecule has 0 radical (unpaired) electrons. The number of pyridine rings is 2. The average molecular weight is 1010 g/mol. The second-order valence-electron chi connectivity index (χ2n) is 19.2. The second-order valence-corrected chi connectivity index (χ2v) is 22.8. The number of likely N-dealkylation sites (tertiary alicyclic amines) is 1. The molecule has 4 amide bonds. The van der Waals surface area contributed by atoms with E-state index >= 15 is 0 Å². The van der Waals surface area contributed by atoms with Crippen LogP contribution in [-0.4, -0.2) is 95.1 Å². The molecule has 2 fully saturated rings. The van der Waals surface area contributed by atoms with Gasteiger partial charge in [0, 0.05) is 54.7 Å². The third-order valence-corrected chi connectivity index (χ3v) is 15.9. The van der Waals surface area contributed by atoms with Crippen molar-refractivity contribution in [3.8, 4) is 34.0 Å². The molecule has 4 aliphatic rings. The summed E-state index contributed by atoms with van der Waals surface area (Å²) >= 11 is 0. The Kier molecular flexibility index (Phi) is 16.0. The van der Waals surface area contributed by atoms with Gasteiger partial charge < -0.3 is 29.7 Å². The summed E-state index contributed by atoms with van der Waals surface area (Å²) in [6.45, 7) is 11.4. The number of nitrogens with one attached hydrogen (secondary N) is 4. The monoisotopic (exact) mass is 1010 g/mol. The zero-order chi connectivity index (χ0) is 50.5. The van der Waals surface area contributed by atoms with Crippen molar-refractivity contribution in [2.24, 2.45) is 0 Å². The molecule has 16 nitrogen and oxygen atoms in total. The number of hydrogen-bond acceptors (Lipinski definition) is 12. The Labute approximate surface area is 417 Å². The van der Waals surface area contributed by atoms with Crippen molar-refractivity contribution in [3.05, 3.63) is 118 Å². The Hall–Kier alpha value is -6.08. The van der Waals surface area contributed by atoms with Gasteiger partial charge in [-0.05, 0) is 161 Å². The highest BCUT2D eigenvalue weighted by Gasteiger charge is 2.32. The van der Waals surface area contributed by atoms with E-state index in [0.717, 1.165) is 139 Å². The molecule has 71 heavy (non-hydrogen) atoms. The number of fused-ring (bicyclic) bond motifs is 2. The first-order valence-corrected chi connectivity index (χ1v) is 27.8. The molecule has 18 heteroatoms. The van der Waals surface area contributed by atoms with Crippen molar-refractivity contribution in [2.75, 3.05) is 43.6 Å². The number of ether oxygens (including phenoxy) is 3. The van der Waals surface area contributed by atoms with Gasteiger partial charge in [0.1, 0.15) is 12.2 Å². The lowest BCUT2D eigenvalue weighted by molar-refractivity contribution is -0.00417. The molecule has 1 aliphatic heterocycles. The Morgan fingerprint density at radius 2 is 1.32 bits per heavy atom. The van der Waals surface area contributed by atoms with Crippen molar-refractivity contribution in [2.45, 2.75) is 116 Å². The molecule has 3 heterocycles. The Morgan fingerprint density at radius 1 is 0.746 bits per heavy atom. The number of urea groups is 2. The van der Waals surface area contributed by atoms with Crippen molar-refractivity contribution in [1.82, 2.24) is 24.3 Å². The van der Waals surface area contributed by atoms with Crippen molar-refractivity contribution >= 4 is 43.5 Å². The van der Waals surface area contributed by atoms with Crippen LogP contribution < -0.4 is 29.6 Å². The number of aromatic nitrogens is 2. The zero-order valence-electron chi connectivity index (χ0n) is 41.2. The van der Waals surface area contributed by atoms with Gasteiger partial charge >= 0.3 is 12.1 Å². The molecule has 1 saturated heterocycles. The van der Waals surface area contributed by atoms with Crippen LogP contribution in [0.25, 0.3) is 22.3 Å². The maximum Gasteiger partial charge on any atom is 0.333 e. The topological polar surface area (TPSA) is 207 Å². The van der Waals surface area contributed by atoms with Crippen LogP contribution in [-0.2, 0) is 44.0 Å². The number of allylic oxidation sites excluding steroid dienone is 5. The first kappa shape index (κ1) is 51.3. The highest BCUT2D eigenvalue weighted by Crippen LogP contribution is 2.46. The van der Waals surface area contributed by atoms with Crippen LogP contribution >= 0.6 is 0 Å². The van der Waals surface area contributed by atoms with E-state index in [9.17, 15) is 26.4 Å². The molecule has 3 aliphatic carbocycles. The van der Waals surface area contributed by atoms with Gasteiger partial charge in [-0.25, -0.2) is 45.8 Å². The quantitative estimate of drug-likeness (QED) is 0.0776. The van der Waals surface area contributed by atoms with Crippen molar-refractivity contribution in [1.29, 1.82) is 0 Å². The van der Waals surface area contributed by atoms with Crippen LogP contribution in [0, 0.1) is 13.8 Å². The molecule has 2 aromatic carbocycles. The fraction of sp³-hybridized carbons (Fsp3) is 0.434. The smallest absolute Gasteiger partial charge is 0.333 e. The number of aryl methyl sites for hydroxylation is 3. The summed E-state index contributed by atoms with van der Waals surface area (Å²) in [6, 6.07) is 10.2. The predicted octanol–water partition coefficient (Wildman–Crippen LogP) is 9.00. The number of benzene rings is 2. The van der Waals surface area contributed by atoms with E-state index in [4.69, 9.17) is 14.2 Å². The van der Waals surface area contributed by atoms with Gasteiger partial charge in [-0.15, -0.1) is 0 Å². The number of amides is 4. The molecular formula is C53H65N7O9S2. The molecule has 0 bridgehead atoms. The molecule has 8 rings (SSSR count). The summed E-state index contributed by atoms with van der Waals surface area (Å²) in [7, 11) is -5.82. The van der Waals surface area contributed by atoms with Gasteiger partial charge in [0.25, 0.3) is 10.0 Å². The van der Waals surface area contributed by atoms with E-state index in [1.807, 2.05) is 42.8 Å². The van der Waals surface area contributed by atoms with E-state index < -0.39 is 32.1 Å². The standard InChI is InChI=1S/C53H65N7O9S2/c1-7-8-9-11-35(4)71(65,66)59-53(62)57-51-44-19-14-39(45(44)29-34(3)49(51)38-21-25-55-47(31-38)69-42-22-26-60(5)27-23-42)32-67-40-15-17-41(18-16-40)68-46-30-37(20-24-54-46)48-33(2)28-36-12-10-13-43(36)50(48)56-52(61)58-70(6,63)64/h7-9,11,20-21,24-25,28-31,39-42H,1,10,12-19,22-23,26-27,32H2,2-6H3,(H2,56,58,61)(H2,57,59,62)/b9-8-,35-11+. The Balaban J connectivity index is 0.953. The molecular weight excluding hydrogens is 943 g/mol. The van der Waals surface area contributed by atoms with Gasteiger partial charge in [0.15, 0.2) is 0 Å². The van der Waals surface area contributed by atoms with Crippen LogP contribution in [0.5, 0.6) is 11.8 Å². The van der Waals surface area contributed by atoms with Gasteiger partial charge in [-0.1, -0.05) is 36.9 Å². The molecule has 1 unspecified atom stereocenters. The molecule has 4 aromatic rings. The zero-order valence-corrected chi connectivity index (χ0v) is 42.8. The van der Waals surface area contributed by atoms with Crippen LogP contribution in [0.4, 0.5) is 21.0 Å². The average Bonchev–Trinajstić information content (AvgIpc) is 3.96. The van der Waals surface area contributed by atoms with Crippen LogP contribution in [0.15, 0.2) is 84.6 Å².